The second kappa shape index (κ2) is 10.9. The first-order valence-electron chi connectivity index (χ1n) is 13.1. The highest BCUT2D eigenvalue weighted by molar-refractivity contribution is 8.00. The standard InChI is InChI=1S/C30H37FN4O2S/c1-8-19(3)32-24(36)16-34-25(37)17-38-27(21-12-14-22(31)15-13-21)26-28(30(5,6)7)33-35(29(26)34)23-11-9-10-18(2)20(23)4/h9-15,19,27H,8,16-17H2,1-7H3,(H,32,36). The normalized spacial score (nSPS) is 16.7. The van der Waals surface area contributed by atoms with E-state index in [1.54, 1.807) is 17.0 Å². The van der Waals surface area contributed by atoms with Crippen molar-refractivity contribution in [3.05, 3.63) is 76.2 Å². The van der Waals surface area contributed by atoms with Gasteiger partial charge in [-0.05, 0) is 62.1 Å². The number of thioether (sulfide) groups is 1. The Morgan fingerprint density at radius 2 is 1.87 bits per heavy atom. The predicted molar refractivity (Wildman–Crippen MR) is 153 cm³/mol. The van der Waals surface area contributed by atoms with Gasteiger partial charge in [0.1, 0.15) is 18.2 Å². The van der Waals surface area contributed by atoms with Crippen LogP contribution in [-0.2, 0) is 15.0 Å². The van der Waals surface area contributed by atoms with Gasteiger partial charge in [-0.2, -0.15) is 5.10 Å². The number of nitrogens with zero attached hydrogens (tertiary/aromatic N) is 3. The smallest absolute Gasteiger partial charge is 0.240 e. The van der Waals surface area contributed by atoms with Crippen LogP contribution in [0, 0.1) is 19.7 Å². The molecule has 0 fully saturated rings. The molecule has 0 aliphatic carbocycles. The van der Waals surface area contributed by atoms with Gasteiger partial charge in [0.05, 0.1) is 22.4 Å². The summed E-state index contributed by atoms with van der Waals surface area (Å²) in [6, 6.07) is 12.5. The second-order valence-corrected chi connectivity index (χ2v) is 12.2. The zero-order valence-electron chi connectivity index (χ0n) is 23.3. The Labute approximate surface area is 229 Å². The van der Waals surface area contributed by atoms with Gasteiger partial charge in [-0.15, -0.1) is 11.8 Å². The van der Waals surface area contributed by atoms with Crippen LogP contribution in [0.15, 0.2) is 42.5 Å². The highest BCUT2D eigenvalue weighted by atomic mass is 32.2. The first-order valence-corrected chi connectivity index (χ1v) is 14.1. The maximum absolute atomic E-state index is 13.9. The van der Waals surface area contributed by atoms with Gasteiger partial charge < -0.3 is 5.32 Å². The molecule has 4 rings (SSSR count). The van der Waals surface area contributed by atoms with E-state index in [-0.39, 0.29) is 46.6 Å². The van der Waals surface area contributed by atoms with Crippen LogP contribution in [0.25, 0.3) is 5.69 Å². The molecule has 2 unspecified atom stereocenters. The number of benzene rings is 2. The largest absolute Gasteiger partial charge is 0.352 e. The molecule has 6 nitrogen and oxygen atoms in total. The summed E-state index contributed by atoms with van der Waals surface area (Å²) in [7, 11) is 0. The molecule has 1 N–H and O–H groups in total. The minimum Gasteiger partial charge on any atom is -0.352 e. The maximum atomic E-state index is 13.9. The van der Waals surface area contributed by atoms with E-state index in [1.807, 2.05) is 50.6 Å². The molecule has 1 aromatic heterocycles. The van der Waals surface area contributed by atoms with E-state index in [9.17, 15) is 14.0 Å². The van der Waals surface area contributed by atoms with Gasteiger partial charge in [0.2, 0.25) is 11.8 Å². The minimum absolute atomic E-state index is 0.000506. The number of amides is 2. The molecule has 2 atom stereocenters. The van der Waals surface area contributed by atoms with Gasteiger partial charge in [-0.3, -0.25) is 14.5 Å². The number of hydrogen-bond acceptors (Lipinski definition) is 4. The highest BCUT2D eigenvalue weighted by Crippen LogP contribution is 2.48. The van der Waals surface area contributed by atoms with Crippen molar-refractivity contribution in [1.82, 2.24) is 15.1 Å². The lowest BCUT2D eigenvalue weighted by Gasteiger charge is -2.25. The van der Waals surface area contributed by atoms with Gasteiger partial charge >= 0.3 is 0 Å². The Balaban J connectivity index is 2.02. The predicted octanol–water partition coefficient (Wildman–Crippen LogP) is 6.01. The molecule has 0 saturated carbocycles. The summed E-state index contributed by atoms with van der Waals surface area (Å²) in [6.45, 7) is 14.2. The molecular weight excluding hydrogens is 499 g/mol. The molecule has 8 heteroatoms. The summed E-state index contributed by atoms with van der Waals surface area (Å²) in [5.41, 5.74) is 5.28. The van der Waals surface area contributed by atoms with E-state index in [2.05, 4.69) is 26.1 Å². The number of hydrogen-bond donors (Lipinski definition) is 1. The molecule has 1 aliphatic heterocycles. The van der Waals surface area contributed by atoms with Gasteiger partial charge in [0.15, 0.2) is 0 Å². The third kappa shape index (κ3) is 5.51. The number of rotatable bonds is 6. The van der Waals surface area contributed by atoms with Crippen molar-refractivity contribution in [3.8, 4) is 5.69 Å². The first kappa shape index (κ1) is 27.9. The van der Waals surface area contributed by atoms with Crippen LogP contribution in [0.5, 0.6) is 0 Å². The number of fused-ring (bicyclic) bond motifs is 1. The van der Waals surface area contributed by atoms with E-state index in [0.717, 1.165) is 40.1 Å². The molecule has 2 heterocycles. The summed E-state index contributed by atoms with van der Waals surface area (Å²) in [6.07, 6.45) is 0.794. The summed E-state index contributed by atoms with van der Waals surface area (Å²) >= 11 is 1.49. The van der Waals surface area contributed by atoms with E-state index in [1.165, 1.54) is 23.9 Å². The summed E-state index contributed by atoms with van der Waals surface area (Å²) in [5.74, 6) is 0.104. The Morgan fingerprint density at radius 1 is 1.18 bits per heavy atom. The van der Waals surface area contributed by atoms with E-state index >= 15 is 0 Å². The van der Waals surface area contributed by atoms with Crippen LogP contribution in [-0.4, -0.2) is 39.9 Å². The zero-order chi connectivity index (χ0) is 27.8. The average Bonchev–Trinajstić information content (AvgIpc) is 3.19. The number of carbonyl (C=O) groups is 2. The third-order valence-electron chi connectivity index (χ3n) is 7.10. The van der Waals surface area contributed by atoms with Gasteiger partial charge in [-0.1, -0.05) is 52.0 Å². The van der Waals surface area contributed by atoms with Crippen molar-refractivity contribution in [3.63, 3.8) is 0 Å². The average molecular weight is 537 g/mol. The van der Waals surface area contributed by atoms with E-state index < -0.39 is 0 Å². The van der Waals surface area contributed by atoms with Crippen molar-refractivity contribution >= 4 is 29.4 Å². The lowest BCUT2D eigenvalue weighted by atomic mass is 9.87. The molecule has 0 bridgehead atoms. The molecule has 0 spiro atoms. The van der Waals surface area contributed by atoms with Crippen molar-refractivity contribution in [2.45, 2.75) is 71.6 Å². The minimum atomic E-state index is -0.357. The van der Waals surface area contributed by atoms with Gasteiger partial charge in [0, 0.05) is 17.0 Å². The van der Waals surface area contributed by atoms with Crippen molar-refractivity contribution in [2.24, 2.45) is 0 Å². The first-order chi connectivity index (χ1) is 17.9. The maximum Gasteiger partial charge on any atom is 0.240 e. The van der Waals surface area contributed by atoms with E-state index in [4.69, 9.17) is 5.10 Å². The summed E-state index contributed by atoms with van der Waals surface area (Å²) in [4.78, 5) is 28.4. The van der Waals surface area contributed by atoms with Crippen LogP contribution in [0.3, 0.4) is 0 Å². The molecule has 0 saturated heterocycles. The molecule has 202 valence electrons. The fourth-order valence-corrected chi connectivity index (χ4v) is 5.87. The van der Waals surface area contributed by atoms with Crippen molar-refractivity contribution < 1.29 is 14.0 Å². The quantitative estimate of drug-likeness (QED) is 0.419. The van der Waals surface area contributed by atoms with Crippen LogP contribution < -0.4 is 10.2 Å². The summed E-state index contributed by atoms with van der Waals surface area (Å²) in [5, 5.41) is 7.89. The summed E-state index contributed by atoms with van der Waals surface area (Å²) < 4.78 is 15.7. The molecule has 1 aliphatic rings. The molecule has 38 heavy (non-hydrogen) atoms. The Bertz CT molecular complexity index is 1340. The number of halogens is 1. The lowest BCUT2D eigenvalue weighted by Crippen LogP contribution is -2.44. The Kier molecular flexibility index (Phi) is 8.02. The second-order valence-electron chi connectivity index (χ2n) is 11.1. The van der Waals surface area contributed by atoms with Crippen LogP contribution in [0.2, 0.25) is 0 Å². The number of aromatic nitrogens is 2. The Hall–Kier alpha value is -3.13. The van der Waals surface area contributed by atoms with Crippen LogP contribution in [0.1, 0.15) is 74.2 Å². The SMILES string of the molecule is CCC(C)NC(=O)CN1C(=O)CSC(c2ccc(F)cc2)c2c(C(C)(C)C)nn(-c3cccc(C)c3C)c21. The fourth-order valence-electron chi connectivity index (χ4n) is 4.67. The molecule has 2 amide bonds. The monoisotopic (exact) mass is 536 g/mol. The highest BCUT2D eigenvalue weighted by Gasteiger charge is 2.40. The molecule has 0 radical (unpaired) electrons. The Morgan fingerprint density at radius 3 is 2.50 bits per heavy atom. The van der Waals surface area contributed by atoms with Crippen LogP contribution >= 0.6 is 11.8 Å². The van der Waals surface area contributed by atoms with Crippen molar-refractivity contribution in [1.29, 1.82) is 0 Å². The fraction of sp³-hybridized carbons (Fsp3) is 0.433. The molecule has 3 aromatic rings. The number of carbonyl (C=O) groups excluding carboxylic acids is 2. The molecule has 2 aromatic carbocycles. The van der Waals surface area contributed by atoms with E-state index in [0.29, 0.717) is 5.82 Å². The van der Waals surface area contributed by atoms with Crippen LogP contribution in [0.4, 0.5) is 10.2 Å². The molecular formula is C30H37FN4O2S. The lowest BCUT2D eigenvalue weighted by molar-refractivity contribution is -0.123. The zero-order valence-corrected chi connectivity index (χ0v) is 24.1. The third-order valence-corrected chi connectivity index (χ3v) is 8.35. The number of nitrogens with one attached hydrogen (secondary N) is 1. The van der Waals surface area contributed by atoms with Gasteiger partial charge in [0.25, 0.3) is 0 Å². The number of aryl methyl sites for hydroxylation is 1. The number of anilines is 1. The van der Waals surface area contributed by atoms with Crippen molar-refractivity contribution in [2.75, 3.05) is 17.2 Å². The van der Waals surface area contributed by atoms with Gasteiger partial charge in [-0.25, -0.2) is 9.07 Å². The topological polar surface area (TPSA) is 67.2 Å².